The summed E-state index contributed by atoms with van der Waals surface area (Å²) in [4.78, 5) is 32.6. The van der Waals surface area contributed by atoms with Crippen LogP contribution in [0.25, 0.3) is 10.9 Å². The molecule has 0 saturated heterocycles. The van der Waals surface area contributed by atoms with Crippen LogP contribution in [0, 0.1) is 0 Å². The highest BCUT2D eigenvalue weighted by atomic mass is 32.2. The monoisotopic (exact) mass is 423 g/mol. The van der Waals surface area contributed by atoms with Gasteiger partial charge in [0.1, 0.15) is 0 Å². The predicted octanol–water partition coefficient (Wildman–Crippen LogP) is 3.28. The Hall–Kier alpha value is -2.64. The molecule has 2 aromatic carbocycles. The van der Waals surface area contributed by atoms with Crippen LogP contribution < -0.4 is 5.56 Å². The second kappa shape index (κ2) is 9.02. The fourth-order valence-corrected chi connectivity index (χ4v) is 4.86. The molecule has 156 valence electrons. The van der Waals surface area contributed by atoms with E-state index in [0.717, 1.165) is 6.42 Å². The number of hydrogen-bond donors (Lipinski definition) is 0. The van der Waals surface area contributed by atoms with Gasteiger partial charge >= 0.3 is 0 Å². The number of hydrogen-bond acceptors (Lipinski definition) is 5. The lowest BCUT2D eigenvalue weighted by atomic mass is 10.00. The third-order valence-electron chi connectivity index (χ3n) is 5.43. The lowest BCUT2D eigenvalue weighted by molar-refractivity contribution is -0.129. The summed E-state index contributed by atoms with van der Waals surface area (Å²) in [5.41, 5.74) is 3.06. The molecule has 1 amide bonds. The summed E-state index contributed by atoms with van der Waals surface area (Å²) in [5, 5.41) is 1.12. The molecule has 1 aliphatic heterocycles. The minimum absolute atomic E-state index is 0.0582. The zero-order valence-corrected chi connectivity index (χ0v) is 18.0. The molecule has 30 heavy (non-hydrogen) atoms. The van der Waals surface area contributed by atoms with Gasteiger partial charge in [0.05, 0.1) is 29.3 Å². The van der Waals surface area contributed by atoms with Gasteiger partial charge in [-0.25, -0.2) is 4.98 Å². The van der Waals surface area contributed by atoms with Crippen molar-refractivity contribution in [3.8, 4) is 0 Å². The number of ether oxygens (including phenoxy) is 1. The average molecular weight is 424 g/mol. The summed E-state index contributed by atoms with van der Waals surface area (Å²) in [6, 6.07) is 15.4. The molecule has 0 N–H and O–H groups in total. The molecule has 0 fully saturated rings. The van der Waals surface area contributed by atoms with Crippen LogP contribution in [0.5, 0.6) is 0 Å². The lowest BCUT2D eigenvalue weighted by Crippen LogP contribution is -2.37. The molecular formula is C23H25N3O3S. The molecule has 2 heterocycles. The number of carbonyl (C=O) groups excluding carboxylic acids is 1. The lowest BCUT2D eigenvalue weighted by Gasteiger charge is -2.29. The number of rotatable bonds is 6. The van der Waals surface area contributed by atoms with Crippen molar-refractivity contribution in [1.82, 2.24) is 14.5 Å². The number of aromatic nitrogens is 2. The summed E-state index contributed by atoms with van der Waals surface area (Å²) in [6.45, 7) is 3.67. The molecule has 0 unspecified atom stereocenters. The Labute approximate surface area is 179 Å². The maximum atomic E-state index is 13.1. The molecule has 0 saturated carbocycles. The summed E-state index contributed by atoms with van der Waals surface area (Å²) in [7, 11) is 1.61. The number of methoxy groups -OCH3 is 1. The maximum Gasteiger partial charge on any atom is 0.262 e. The average Bonchev–Trinajstić information content (AvgIpc) is 2.77. The van der Waals surface area contributed by atoms with E-state index < -0.39 is 0 Å². The van der Waals surface area contributed by atoms with Gasteiger partial charge in [0.25, 0.3) is 5.56 Å². The number of thioether (sulfide) groups is 1. The molecule has 1 atom stereocenters. The second-order valence-electron chi connectivity index (χ2n) is 7.51. The summed E-state index contributed by atoms with van der Waals surface area (Å²) >= 11 is 1.32. The van der Waals surface area contributed by atoms with Gasteiger partial charge in [-0.15, -0.1) is 0 Å². The van der Waals surface area contributed by atoms with Crippen LogP contribution in [-0.2, 0) is 22.5 Å². The van der Waals surface area contributed by atoms with E-state index in [-0.39, 0.29) is 23.3 Å². The van der Waals surface area contributed by atoms with E-state index in [1.165, 1.54) is 22.9 Å². The quantitative estimate of drug-likeness (QED) is 0.450. The first-order chi connectivity index (χ1) is 14.6. The Morgan fingerprint density at radius 1 is 1.17 bits per heavy atom. The Bertz CT molecular complexity index is 1130. The van der Waals surface area contributed by atoms with Gasteiger partial charge in [-0.3, -0.25) is 14.2 Å². The zero-order valence-electron chi connectivity index (χ0n) is 17.2. The number of fused-ring (bicyclic) bond motifs is 2. The molecule has 7 heteroatoms. The molecule has 0 spiro atoms. The highest BCUT2D eigenvalue weighted by Gasteiger charge is 2.22. The number of carbonyl (C=O) groups is 1. The van der Waals surface area contributed by atoms with Gasteiger partial charge in [-0.05, 0) is 36.6 Å². The third-order valence-corrected chi connectivity index (χ3v) is 6.37. The maximum absolute atomic E-state index is 13.1. The molecular weight excluding hydrogens is 398 g/mol. The van der Waals surface area contributed by atoms with Gasteiger partial charge in [0.15, 0.2) is 5.16 Å². The van der Waals surface area contributed by atoms with E-state index in [4.69, 9.17) is 9.72 Å². The first-order valence-electron chi connectivity index (χ1n) is 10.1. The van der Waals surface area contributed by atoms with E-state index in [9.17, 15) is 9.59 Å². The van der Waals surface area contributed by atoms with Crippen LogP contribution in [0.4, 0.5) is 0 Å². The van der Waals surface area contributed by atoms with E-state index in [2.05, 4.69) is 12.1 Å². The van der Waals surface area contributed by atoms with Crippen LogP contribution in [-0.4, -0.2) is 46.4 Å². The Kier molecular flexibility index (Phi) is 6.20. The van der Waals surface area contributed by atoms with Crippen molar-refractivity contribution in [3.05, 3.63) is 70.0 Å². The largest absolute Gasteiger partial charge is 0.383 e. The van der Waals surface area contributed by atoms with Crippen LogP contribution >= 0.6 is 11.8 Å². The predicted molar refractivity (Wildman–Crippen MR) is 119 cm³/mol. The normalized spacial score (nSPS) is 14.5. The van der Waals surface area contributed by atoms with Crippen molar-refractivity contribution in [2.75, 3.05) is 26.0 Å². The van der Waals surface area contributed by atoms with E-state index in [1.54, 1.807) is 17.7 Å². The van der Waals surface area contributed by atoms with Crippen LogP contribution in [0.2, 0.25) is 0 Å². The van der Waals surface area contributed by atoms with E-state index >= 15 is 0 Å². The van der Waals surface area contributed by atoms with Crippen molar-refractivity contribution < 1.29 is 9.53 Å². The van der Waals surface area contributed by atoms with E-state index in [0.29, 0.717) is 35.8 Å². The fraction of sp³-hybridized carbons (Fsp3) is 0.348. The topological polar surface area (TPSA) is 64.4 Å². The minimum Gasteiger partial charge on any atom is -0.383 e. The number of nitrogens with zero attached hydrogens (tertiary/aromatic N) is 3. The number of para-hydroxylation sites is 1. The molecule has 3 aromatic rings. The molecule has 1 aromatic heterocycles. The number of amides is 1. The van der Waals surface area contributed by atoms with Gasteiger partial charge < -0.3 is 9.64 Å². The van der Waals surface area contributed by atoms with Crippen LogP contribution in [0.1, 0.15) is 24.1 Å². The first kappa shape index (κ1) is 20.6. The highest BCUT2D eigenvalue weighted by molar-refractivity contribution is 7.99. The zero-order chi connectivity index (χ0) is 21.1. The molecule has 1 aliphatic rings. The Morgan fingerprint density at radius 2 is 1.90 bits per heavy atom. The first-order valence-corrected chi connectivity index (χ1v) is 11.0. The fourth-order valence-electron chi connectivity index (χ4n) is 3.86. The Balaban J connectivity index is 1.57. The van der Waals surface area contributed by atoms with Gasteiger partial charge in [-0.2, -0.15) is 0 Å². The smallest absolute Gasteiger partial charge is 0.262 e. The third kappa shape index (κ3) is 4.13. The molecule has 4 rings (SSSR count). The minimum atomic E-state index is -0.181. The molecule has 0 bridgehead atoms. The van der Waals surface area contributed by atoms with Crippen LogP contribution in [0.15, 0.2) is 58.5 Å². The molecule has 6 nitrogen and oxygen atoms in total. The molecule has 0 radical (unpaired) electrons. The second-order valence-corrected chi connectivity index (χ2v) is 8.46. The number of benzene rings is 2. The van der Waals surface area contributed by atoms with Crippen molar-refractivity contribution in [2.45, 2.75) is 31.1 Å². The van der Waals surface area contributed by atoms with Crippen molar-refractivity contribution in [1.29, 1.82) is 0 Å². The summed E-state index contributed by atoms with van der Waals surface area (Å²) < 4.78 is 6.91. The van der Waals surface area contributed by atoms with Gasteiger partial charge in [0, 0.05) is 20.2 Å². The SMILES string of the molecule is COC[C@@H](C)n1c(SCC(=O)N2CCc3ccccc3C2)nc2ccccc2c1=O. The van der Waals surface area contributed by atoms with Crippen molar-refractivity contribution in [3.63, 3.8) is 0 Å². The molecule has 0 aliphatic carbocycles. The highest BCUT2D eigenvalue weighted by Crippen LogP contribution is 2.24. The Morgan fingerprint density at radius 3 is 2.70 bits per heavy atom. The van der Waals surface area contributed by atoms with Gasteiger partial charge in [0.2, 0.25) is 5.91 Å². The standard InChI is InChI=1S/C23H25N3O3S/c1-16(14-29-2)26-22(28)19-9-5-6-10-20(19)24-23(26)30-15-21(27)25-12-11-17-7-3-4-8-18(17)13-25/h3-10,16H,11-15H2,1-2H3/t16-/m1/s1. The van der Waals surface area contributed by atoms with Crippen molar-refractivity contribution in [2.24, 2.45) is 0 Å². The summed E-state index contributed by atoms with van der Waals surface area (Å²) in [5.74, 6) is 0.301. The van der Waals surface area contributed by atoms with E-state index in [1.807, 2.05) is 42.2 Å². The van der Waals surface area contributed by atoms with Crippen LogP contribution in [0.3, 0.4) is 0 Å². The summed E-state index contributed by atoms with van der Waals surface area (Å²) in [6.07, 6.45) is 0.871. The van der Waals surface area contributed by atoms with Gasteiger partial charge in [-0.1, -0.05) is 48.2 Å². The van der Waals surface area contributed by atoms with Crippen molar-refractivity contribution >= 4 is 28.6 Å².